The molecule has 0 aromatic heterocycles. The number of carboxylic acid groups (broad SMARTS) is 2. The Hall–Kier alpha value is -0.360. The van der Waals surface area contributed by atoms with E-state index in [1.807, 2.05) is 0 Å². The molecule has 0 radical (unpaired) electrons. The minimum atomic E-state index is -0.785. The number of hydrogen-bond acceptors (Lipinski definition) is 4. The van der Waals surface area contributed by atoms with Crippen LogP contribution in [0.2, 0.25) is 0 Å². The molecular formula is C10H18O4S2. The van der Waals surface area contributed by atoms with E-state index in [4.69, 9.17) is 10.2 Å². The first-order valence-corrected chi connectivity index (χ1v) is 7.61. The Morgan fingerprint density at radius 2 is 1.25 bits per heavy atom. The van der Waals surface area contributed by atoms with Crippen LogP contribution in [-0.2, 0) is 9.59 Å². The van der Waals surface area contributed by atoms with Gasteiger partial charge in [0.25, 0.3) is 0 Å². The van der Waals surface area contributed by atoms with Gasteiger partial charge < -0.3 is 10.2 Å². The van der Waals surface area contributed by atoms with Gasteiger partial charge in [-0.15, -0.1) is 0 Å². The molecule has 0 saturated carbocycles. The molecule has 16 heavy (non-hydrogen) atoms. The van der Waals surface area contributed by atoms with E-state index in [-0.39, 0.29) is 10.5 Å². The van der Waals surface area contributed by atoms with E-state index in [1.165, 1.54) is 23.5 Å². The van der Waals surface area contributed by atoms with E-state index in [0.717, 1.165) is 12.8 Å². The van der Waals surface area contributed by atoms with Gasteiger partial charge >= 0.3 is 11.9 Å². The zero-order valence-electron chi connectivity index (χ0n) is 9.51. The smallest absolute Gasteiger partial charge is 0.316 e. The van der Waals surface area contributed by atoms with Gasteiger partial charge in [-0.2, -0.15) is 23.5 Å². The van der Waals surface area contributed by atoms with Gasteiger partial charge in [-0.25, -0.2) is 0 Å². The summed E-state index contributed by atoms with van der Waals surface area (Å²) in [5.74, 6) is -1.57. The van der Waals surface area contributed by atoms with Crippen LogP contribution in [0.3, 0.4) is 0 Å². The molecule has 0 spiro atoms. The number of unbranched alkanes of at least 4 members (excludes halogenated alkanes) is 1. The molecule has 2 unspecified atom stereocenters. The monoisotopic (exact) mass is 266 g/mol. The molecule has 0 fully saturated rings. The van der Waals surface area contributed by atoms with E-state index in [1.54, 1.807) is 12.5 Å². The SMILES string of the molecule is CSC(CCCCC(SC)C(=O)O)C(=O)O. The summed E-state index contributed by atoms with van der Waals surface area (Å²) in [4.78, 5) is 21.4. The summed E-state index contributed by atoms with van der Waals surface area (Å²) in [6.45, 7) is 0. The van der Waals surface area contributed by atoms with Gasteiger partial charge in [-0.3, -0.25) is 9.59 Å². The fraction of sp³-hybridized carbons (Fsp3) is 0.800. The van der Waals surface area contributed by atoms with Gasteiger partial charge in [0.2, 0.25) is 0 Å². The summed E-state index contributed by atoms with van der Waals surface area (Å²) in [6, 6.07) is 0. The maximum Gasteiger partial charge on any atom is 0.316 e. The van der Waals surface area contributed by atoms with Crippen LogP contribution >= 0.6 is 23.5 Å². The second-order valence-electron chi connectivity index (χ2n) is 3.41. The molecule has 0 saturated heterocycles. The van der Waals surface area contributed by atoms with E-state index in [2.05, 4.69) is 0 Å². The largest absolute Gasteiger partial charge is 0.480 e. The molecule has 0 aliphatic heterocycles. The highest BCUT2D eigenvalue weighted by molar-refractivity contribution is 8.00. The number of thioether (sulfide) groups is 2. The summed E-state index contributed by atoms with van der Waals surface area (Å²) < 4.78 is 0. The highest BCUT2D eigenvalue weighted by atomic mass is 32.2. The Morgan fingerprint density at radius 1 is 0.938 bits per heavy atom. The third-order valence-corrected chi connectivity index (χ3v) is 4.32. The Balaban J connectivity index is 3.73. The summed E-state index contributed by atoms with van der Waals surface area (Å²) in [5, 5.41) is 16.9. The average molecular weight is 266 g/mol. The van der Waals surface area contributed by atoms with Crippen LogP contribution in [0, 0.1) is 0 Å². The minimum absolute atomic E-state index is 0.363. The standard InChI is InChI=1S/C10H18O4S2/c1-15-7(9(11)12)5-3-4-6-8(16-2)10(13)14/h7-8H,3-6H2,1-2H3,(H,11,12)(H,13,14). The molecule has 0 aromatic rings. The molecule has 0 heterocycles. The lowest BCUT2D eigenvalue weighted by atomic mass is 10.1. The Bertz CT molecular complexity index is 209. The maximum atomic E-state index is 10.7. The average Bonchev–Trinajstić information content (AvgIpc) is 2.22. The summed E-state index contributed by atoms with van der Waals surface area (Å²) in [5.41, 5.74) is 0. The van der Waals surface area contributed by atoms with Gasteiger partial charge in [0.05, 0.1) is 0 Å². The number of hydrogen-bond donors (Lipinski definition) is 2. The molecule has 0 bridgehead atoms. The molecule has 2 N–H and O–H groups in total. The third kappa shape index (κ3) is 6.27. The number of carbonyl (C=O) groups is 2. The van der Waals surface area contributed by atoms with E-state index in [0.29, 0.717) is 12.8 Å². The van der Waals surface area contributed by atoms with Crippen molar-refractivity contribution in [2.45, 2.75) is 36.2 Å². The van der Waals surface area contributed by atoms with Crippen molar-refractivity contribution in [2.75, 3.05) is 12.5 Å². The van der Waals surface area contributed by atoms with Gasteiger partial charge in [-0.05, 0) is 25.4 Å². The Morgan fingerprint density at radius 3 is 1.44 bits per heavy atom. The predicted octanol–water partition coefficient (Wildman–Crippen LogP) is 2.18. The van der Waals surface area contributed by atoms with Crippen LogP contribution in [-0.4, -0.2) is 45.2 Å². The van der Waals surface area contributed by atoms with Crippen molar-refractivity contribution in [2.24, 2.45) is 0 Å². The second kappa shape index (κ2) is 8.75. The fourth-order valence-corrected chi connectivity index (χ4v) is 2.55. The van der Waals surface area contributed by atoms with Crippen molar-refractivity contribution >= 4 is 35.5 Å². The van der Waals surface area contributed by atoms with Crippen molar-refractivity contribution in [3.8, 4) is 0 Å². The van der Waals surface area contributed by atoms with Crippen molar-refractivity contribution in [1.82, 2.24) is 0 Å². The minimum Gasteiger partial charge on any atom is -0.480 e. The van der Waals surface area contributed by atoms with Crippen molar-refractivity contribution in [1.29, 1.82) is 0 Å². The number of aliphatic carboxylic acids is 2. The molecular weight excluding hydrogens is 248 g/mol. The van der Waals surface area contributed by atoms with E-state index >= 15 is 0 Å². The normalized spacial score (nSPS) is 14.4. The van der Waals surface area contributed by atoms with Gasteiger partial charge in [0.1, 0.15) is 10.5 Å². The first-order valence-electron chi connectivity index (χ1n) is 5.04. The number of carboxylic acids is 2. The molecule has 0 aliphatic carbocycles. The highest BCUT2D eigenvalue weighted by Gasteiger charge is 2.17. The molecule has 0 aromatic carbocycles. The fourth-order valence-electron chi connectivity index (χ4n) is 1.34. The third-order valence-electron chi connectivity index (χ3n) is 2.30. The molecule has 2 atom stereocenters. The predicted molar refractivity (Wildman–Crippen MR) is 68.3 cm³/mol. The second-order valence-corrected chi connectivity index (χ2v) is 5.49. The van der Waals surface area contributed by atoms with Crippen LogP contribution in [0.5, 0.6) is 0 Å². The molecule has 0 aliphatic rings. The lowest BCUT2D eigenvalue weighted by molar-refractivity contribution is -0.137. The van der Waals surface area contributed by atoms with E-state index in [9.17, 15) is 9.59 Å². The lowest BCUT2D eigenvalue weighted by Gasteiger charge is -2.11. The molecule has 94 valence electrons. The van der Waals surface area contributed by atoms with Crippen molar-refractivity contribution in [3.63, 3.8) is 0 Å². The quantitative estimate of drug-likeness (QED) is 0.623. The van der Waals surface area contributed by atoms with Gasteiger partial charge in [0, 0.05) is 0 Å². The summed E-state index contributed by atoms with van der Waals surface area (Å²) >= 11 is 2.66. The number of rotatable bonds is 9. The maximum absolute atomic E-state index is 10.7. The van der Waals surface area contributed by atoms with Crippen LogP contribution in [0.15, 0.2) is 0 Å². The highest BCUT2D eigenvalue weighted by Crippen LogP contribution is 2.19. The zero-order chi connectivity index (χ0) is 12.6. The zero-order valence-corrected chi connectivity index (χ0v) is 11.1. The molecule has 0 rings (SSSR count). The van der Waals surface area contributed by atoms with Crippen LogP contribution in [0.25, 0.3) is 0 Å². The Kier molecular flexibility index (Phi) is 8.56. The topological polar surface area (TPSA) is 74.6 Å². The van der Waals surface area contributed by atoms with Gasteiger partial charge in [0.15, 0.2) is 0 Å². The van der Waals surface area contributed by atoms with Crippen LogP contribution < -0.4 is 0 Å². The lowest BCUT2D eigenvalue weighted by Crippen LogP contribution is -2.17. The molecule has 6 heteroatoms. The van der Waals surface area contributed by atoms with Crippen molar-refractivity contribution in [3.05, 3.63) is 0 Å². The van der Waals surface area contributed by atoms with E-state index < -0.39 is 11.9 Å². The van der Waals surface area contributed by atoms with Crippen molar-refractivity contribution < 1.29 is 19.8 Å². The van der Waals surface area contributed by atoms with Gasteiger partial charge in [-0.1, -0.05) is 12.8 Å². The first-order chi connectivity index (χ1) is 7.52. The Labute approximate surface area is 104 Å². The first kappa shape index (κ1) is 15.6. The van der Waals surface area contributed by atoms with Crippen LogP contribution in [0.1, 0.15) is 25.7 Å². The molecule has 0 amide bonds. The summed E-state index contributed by atoms with van der Waals surface area (Å²) in [7, 11) is 0. The molecule has 4 nitrogen and oxygen atoms in total. The summed E-state index contributed by atoms with van der Waals surface area (Å²) in [6.07, 6.45) is 6.31. The van der Waals surface area contributed by atoms with Crippen LogP contribution in [0.4, 0.5) is 0 Å².